The van der Waals surface area contributed by atoms with Crippen LogP contribution in [0.1, 0.15) is 0 Å². The molecule has 1 heterocycles. The third-order valence-electron chi connectivity index (χ3n) is 3.21. The number of anilines is 1. The minimum atomic E-state index is -4.04. The number of hydrogen-bond acceptors (Lipinski definition) is 3. The zero-order valence-electron chi connectivity index (χ0n) is 11.4. The number of nitrogens with one attached hydrogen (secondary N) is 1. The van der Waals surface area contributed by atoms with E-state index < -0.39 is 21.7 Å². The van der Waals surface area contributed by atoms with E-state index in [4.69, 9.17) is 0 Å². The highest BCUT2D eigenvalue weighted by atomic mass is 127. The third-order valence-corrected chi connectivity index (χ3v) is 5.62. The Bertz CT molecular complexity index is 1000. The molecule has 118 valence electrons. The Morgan fingerprint density at radius 3 is 2.65 bits per heavy atom. The van der Waals surface area contributed by atoms with E-state index in [1.807, 2.05) is 0 Å². The van der Waals surface area contributed by atoms with E-state index in [0.29, 0.717) is 10.8 Å². The van der Waals surface area contributed by atoms with Gasteiger partial charge in [0.05, 0.1) is 14.2 Å². The standard InChI is InChI=1S/C15H9F2IN2O2S/c16-11-4-5-12(14(17)15(11)18)20-23(21,22)13-3-1-2-9-8-19-7-6-10(9)13/h1-8,20H. The van der Waals surface area contributed by atoms with Gasteiger partial charge in [0.1, 0.15) is 5.82 Å². The highest BCUT2D eigenvalue weighted by molar-refractivity contribution is 14.1. The smallest absolute Gasteiger partial charge is 0.262 e. The van der Waals surface area contributed by atoms with Crippen LogP contribution in [0.3, 0.4) is 0 Å². The Morgan fingerprint density at radius 2 is 1.87 bits per heavy atom. The van der Waals surface area contributed by atoms with Crippen LogP contribution < -0.4 is 4.72 Å². The summed E-state index contributed by atoms with van der Waals surface area (Å²) in [6.45, 7) is 0. The van der Waals surface area contributed by atoms with Gasteiger partial charge in [-0.2, -0.15) is 0 Å². The predicted octanol–water partition coefficient (Wildman–Crippen LogP) is 3.92. The minimum absolute atomic E-state index is 0.00358. The molecule has 0 unspecified atom stereocenters. The maximum atomic E-state index is 14.0. The first-order valence-electron chi connectivity index (χ1n) is 6.39. The Hall–Kier alpha value is -1.81. The van der Waals surface area contributed by atoms with Crippen molar-refractivity contribution in [3.8, 4) is 0 Å². The molecular weight excluding hydrogens is 437 g/mol. The van der Waals surface area contributed by atoms with Crippen LogP contribution in [0.25, 0.3) is 10.8 Å². The van der Waals surface area contributed by atoms with E-state index in [0.717, 1.165) is 12.1 Å². The number of benzene rings is 2. The molecule has 0 aliphatic rings. The van der Waals surface area contributed by atoms with Gasteiger partial charge in [0, 0.05) is 23.2 Å². The molecule has 3 rings (SSSR count). The van der Waals surface area contributed by atoms with Crippen molar-refractivity contribution in [1.29, 1.82) is 0 Å². The summed E-state index contributed by atoms with van der Waals surface area (Å²) < 4.78 is 54.4. The molecule has 0 saturated heterocycles. The van der Waals surface area contributed by atoms with Crippen LogP contribution in [0.2, 0.25) is 0 Å². The number of rotatable bonds is 3. The van der Waals surface area contributed by atoms with Gasteiger partial charge >= 0.3 is 0 Å². The number of sulfonamides is 1. The largest absolute Gasteiger partial charge is 0.277 e. The molecule has 0 radical (unpaired) electrons. The fourth-order valence-corrected chi connectivity index (χ4v) is 3.89. The third kappa shape index (κ3) is 3.00. The molecule has 0 aliphatic carbocycles. The van der Waals surface area contributed by atoms with Crippen LogP contribution in [0, 0.1) is 15.2 Å². The van der Waals surface area contributed by atoms with Crippen molar-refractivity contribution in [2.24, 2.45) is 0 Å². The zero-order valence-corrected chi connectivity index (χ0v) is 14.4. The summed E-state index contributed by atoms with van der Waals surface area (Å²) in [5.74, 6) is -1.70. The molecule has 4 nitrogen and oxygen atoms in total. The van der Waals surface area contributed by atoms with Crippen LogP contribution in [-0.2, 0) is 10.0 Å². The lowest BCUT2D eigenvalue weighted by Gasteiger charge is -2.12. The highest BCUT2D eigenvalue weighted by Gasteiger charge is 2.20. The summed E-state index contributed by atoms with van der Waals surface area (Å²) in [6, 6.07) is 8.34. The lowest BCUT2D eigenvalue weighted by molar-refractivity contribution is 0.571. The van der Waals surface area contributed by atoms with Gasteiger partial charge in [0.25, 0.3) is 10.0 Å². The fourth-order valence-electron chi connectivity index (χ4n) is 2.13. The van der Waals surface area contributed by atoms with E-state index in [1.54, 1.807) is 18.2 Å². The van der Waals surface area contributed by atoms with Crippen molar-refractivity contribution in [2.75, 3.05) is 4.72 Å². The highest BCUT2D eigenvalue weighted by Crippen LogP contribution is 2.27. The summed E-state index contributed by atoms with van der Waals surface area (Å²) in [4.78, 5) is 3.93. The molecule has 0 aliphatic heterocycles. The van der Waals surface area contributed by atoms with Crippen molar-refractivity contribution in [1.82, 2.24) is 4.98 Å². The summed E-state index contributed by atoms with van der Waals surface area (Å²) in [7, 11) is -4.04. The number of hydrogen-bond donors (Lipinski definition) is 1. The normalized spacial score (nSPS) is 11.6. The molecule has 0 spiro atoms. The second kappa shape index (κ2) is 6.00. The van der Waals surface area contributed by atoms with Gasteiger partial charge in [-0.25, -0.2) is 17.2 Å². The second-order valence-corrected chi connectivity index (χ2v) is 7.41. The lowest BCUT2D eigenvalue weighted by atomic mass is 10.2. The lowest BCUT2D eigenvalue weighted by Crippen LogP contribution is -2.15. The molecule has 0 fully saturated rings. The second-order valence-electron chi connectivity index (χ2n) is 4.68. The number of fused-ring (bicyclic) bond motifs is 1. The Kier molecular flexibility index (Phi) is 4.19. The zero-order chi connectivity index (χ0) is 16.6. The average molecular weight is 446 g/mol. The van der Waals surface area contributed by atoms with E-state index in [9.17, 15) is 17.2 Å². The summed E-state index contributed by atoms with van der Waals surface area (Å²) in [6.07, 6.45) is 3.01. The van der Waals surface area contributed by atoms with Gasteiger partial charge in [-0.3, -0.25) is 9.71 Å². The predicted molar refractivity (Wildman–Crippen MR) is 91.6 cm³/mol. The number of pyridine rings is 1. The summed E-state index contributed by atoms with van der Waals surface area (Å²) in [5.41, 5.74) is -0.304. The van der Waals surface area contributed by atoms with Crippen LogP contribution in [-0.4, -0.2) is 13.4 Å². The molecule has 0 saturated carbocycles. The fraction of sp³-hybridized carbons (Fsp3) is 0. The van der Waals surface area contributed by atoms with Gasteiger partial charge in [-0.05, 0) is 46.9 Å². The minimum Gasteiger partial charge on any atom is -0.277 e. The first kappa shape index (κ1) is 16.1. The molecule has 0 amide bonds. The Balaban J connectivity index is 2.10. The van der Waals surface area contributed by atoms with E-state index in [-0.39, 0.29) is 14.2 Å². The molecule has 8 heteroatoms. The average Bonchev–Trinajstić information content (AvgIpc) is 2.55. The Labute approximate surface area is 144 Å². The van der Waals surface area contributed by atoms with Gasteiger partial charge in [0.15, 0.2) is 5.82 Å². The molecule has 0 atom stereocenters. The van der Waals surface area contributed by atoms with E-state index >= 15 is 0 Å². The van der Waals surface area contributed by atoms with Crippen LogP contribution in [0.4, 0.5) is 14.5 Å². The molecule has 1 aromatic heterocycles. The molecule has 0 bridgehead atoms. The van der Waals surface area contributed by atoms with Crippen molar-refractivity contribution >= 4 is 49.1 Å². The topological polar surface area (TPSA) is 59.1 Å². The maximum Gasteiger partial charge on any atom is 0.262 e. The number of halogens is 3. The van der Waals surface area contributed by atoms with Crippen molar-refractivity contribution in [3.05, 3.63) is 64.0 Å². The molecule has 3 aromatic rings. The van der Waals surface area contributed by atoms with Gasteiger partial charge in [-0.1, -0.05) is 12.1 Å². The number of aromatic nitrogens is 1. The Morgan fingerprint density at radius 1 is 1.09 bits per heavy atom. The van der Waals surface area contributed by atoms with Gasteiger partial charge in [0.2, 0.25) is 0 Å². The van der Waals surface area contributed by atoms with Gasteiger partial charge < -0.3 is 0 Å². The first-order valence-corrected chi connectivity index (χ1v) is 8.95. The maximum absolute atomic E-state index is 14.0. The van der Waals surface area contributed by atoms with Crippen LogP contribution >= 0.6 is 22.6 Å². The van der Waals surface area contributed by atoms with Crippen molar-refractivity contribution < 1.29 is 17.2 Å². The van der Waals surface area contributed by atoms with Crippen LogP contribution in [0.15, 0.2) is 53.7 Å². The van der Waals surface area contributed by atoms with E-state index in [1.165, 1.54) is 41.1 Å². The van der Waals surface area contributed by atoms with Crippen LogP contribution in [0.5, 0.6) is 0 Å². The monoisotopic (exact) mass is 446 g/mol. The molecule has 23 heavy (non-hydrogen) atoms. The van der Waals surface area contributed by atoms with Gasteiger partial charge in [-0.15, -0.1) is 0 Å². The van der Waals surface area contributed by atoms with Crippen molar-refractivity contribution in [3.63, 3.8) is 0 Å². The number of nitrogens with zero attached hydrogens (tertiary/aromatic N) is 1. The summed E-state index contributed by atoms with van der Waals surface area (Å²) >= 11 is 1.48. The van der Waals surface area contributed by atoms with Crippen molar-refractivity contribution in [2.45, 2.75) is 4.90 Å². The quantitative estimate of drug-likeness (QED) is 0.490. The SMILES string of the molecule is O=S(=O)(Nc1ccc(F)c(I)c1F)c1cccc2cnccc12. The summed E-state index contributed by atoms with van der Waals surface area (Å²) in [5, 5.41) is 1.11. The molecule has 1 N–H and O–H groups in total. The van der Waals surface area contributed by atoms with E-state index in [2.05, 4.69) is 9.71 Å². The first-order chi connectivity index (χ1) is 10.9. The molecule has 2 aromatic carbocycles. The molecular formula is C15H9F2IN2O2S.